The smallest absolute Gasteiger partial charge is 0.305 e. The molecule has 2 heterocycles. The molecule has 1 fully saturated rings. The second kappa shape index (κ2) is 7.14. The summed E-state index contributed by atoms with van der Waals surface area (Å²) in [4.78, 5) is 24.9. The van der Waals surface area contributed by atoms with Crippen LogP contribution in [0, 0.1) is 0 Å². The number of carbonyl (C=O) groups is 2. The van der Waals surface area contributed by atoms with E-state index in [0.29, 0.717) is 16.6 Å². The van der Waals surface area contributed by atoms with Crippen molar-refractivity contribution in [2.45, 2.75) is 11.7 Å². The van der Waals surface area contributed by atoms with Crippen LogP contribution in [0.5, 0.6) is 0 Å². The summed E-state index contributed by atoms with van der Waals surface area (Å²) in [5.74, 6) is -0.822. The second-order valence-electron chi connectivity index (χ2n) is 4.86. The fourth-order valence-corrected chi connectivity index (χ4v) is 3.22. The molecule has 1 aliphatic rings. The van der Waals surface area contributed by atoms with Crippen LogP contribution in [0.25, 0.3) is 0 Å². The molecule has 1 aromatic heterocycles. The van der Waals surface area contributed by atoms with E-state index in [9.17, 15) is 9.59 Å². The lowest BCUT2D eigenvalue weighted by Crippen LogP contribution is -2.32. The third-order valence-corrected chi connectivity index (χ3v) is 4.31. The molecule has 24 heavy (non-hydrogen) atoms. The maximum absolute atomic E-state index is 12.5. The highest BCUT2D eigenvalue weighted by atomic mass is 32.2. The first-order valence-corrected chi connectivity index (χ1v) is 7.95. The molecule has 1 aromatic carbocycles. The zero-order valence-corrected chi connectivity index (χ0v) is 13.2. The minimum Gasteiger partial charge on any atom is -0.481 e. The van der Waals surface area contributed by atoms with Gasteiger partial charge in [-0.3, -0.25) is 14.5 Å². The van der Waals surface area contributed by atoms with Gasteiger partial charge in [0.15, 0.2) is 5.17 Å². The number of amidine groups is 1. The number of thioether (sulfide) groups is 1. The van der Waals surface area contributed by atoms with Crippen molar-refractivity contribution >= 4 is 40.7 Å². The Bertz CT molecular complexity index is 787. The summed E-state index contributed by atoms with van der Waals surface area (Å²) >= 11 is 1.09. The number of hydrogen-bond donors (Lipinski definition) is 1. The summed E-state index contributed by atoms with van der Waals surface area (Å²) in [6.07, 6.45) is 2.67. The van der Waals surface area contributed by atoms with Crippen LogP contribution in [0.1, 0.15) is 12.2 Å². The third kappa shape index (κ3) is 3.54. The van der Waals surface area contributed by atoms with Gasteiger partial charge in [0.05, 0.1) is 24.6 Å². The van der Waals surface area contributed by atoms with E-state index in [-0.39, 0.29) is 12.3 Å². The van der Waals surface area contributed by atoms with Gasteiger partial charge in [-0.1, -0.05) is 30.0 Å². The highest BCUT2D eigenvalue weighted by molar-refractivity contribution is 8.16. The number of carboxylic acid groups (broad SMARTS) is 1. The number of furan rings is 1. The first-order valence-electron chi connectivity index (χ1n) is 7.07. The maximum Gasteiger partial charge on any atom is 0.305 e. The van der Waals surface area contributed by atoms with Gasteiger partial charge in [0, 0.05) is 0 Å². The predicted octanol–water partition coefficient (Wildman–Crippen LogP) is 2.59. The van der Waals surface area contributed by atoms with Crippen LogP contribution in [0.3, 0.4) is 0 Å². The monoisotopic (exact) mass is 343 g/mol. The number of benzene rings is 1. The Balaban J connectivity index is 1.88. The molecule has 1 amide bonds. The van der Waals surface area contributed by atoms with Crippen molar-refractivity contribution in [3.05, 3.63) is 54.5 Å². The molecule has 3 rings (SSSR count). The molecule has 0 spiro atoms. The highest BCUT2D eigenvalue weighted by Gasteiger charge is 2.40. The van der Waals surface area contributed by atoms with Crippen LogP contribution in [-0.2, 0) is 9.59 Å². The van der Waals surface area contributed by atoms with Crippen molar-refractivity contribution in [3.63, 3.8) is 0 Å². The van der Waals surface area contributed by atoms with Crippen LogP contribution in [0.4, 0.5) is 5.69 Å². The van der Waals surface area contributed by atoms with Crippen molar-refractivity contribution in [2.24, 2.45) is 10.2 Å². The van der Waals surface area contributed by atoms with E-state index < -0.39 is 11.2 Å². The van der Waals surface area contributed by atoms with E-state index >= 15 is 0 Å². The van der Waals surface area contributed by atoms with E-state index in [1.807, 2.05) is 6.07 Å². The lowest BCUT2D eigenvalue weighted by Gasteiger charge is -2.15. The number of carbonyl (C=O) groups excluding carboxylic acids is 1. The summed E-state index contributed by atoms with van der Waals surface area (Å²) in [7, 11) is 0. The number of hydrogen-bond acceptors (Lipinski definition) is 6. The summed E-state index contributed by atoms with van der Waals surface area (Å²) < 4.78 is 5.12. The van der Waals surface area contributed by atoms with Gasteiger partial charge in [0.2, 0.25) is 5.91 Å². The van der Waals surface area contributed by atoms with Gasteiger partial charge in [-0.05, 0) is 24.3 Å². The van der Waals surface area contributed by atoms with Gasteiger partial charge in [-0.2, -0.15) is 5.10 Å². The number of nitrogens with zero attached hydrogens (tertiary/aromatic N) is 3. The van der Waals surface area contributed by atoms with Crippen molar-refractivity contribution in [2.75, 3.05) is 4.90 Å². The Labute approximate surface area is 141 Å². The van der Waals surface area contributed by atoms with Crippen molar-refractivity contribution in [1.82, 2.24) is 0 Å². The molecule has 1 saturated heterocycles. The van der Waals surface area contributed by atoms with Crippen molar-refractivity contribution < 1.29 is 19.1 Å². The number of rotatable bonds is 5. The summed E-state index contributed by atoms with van der Waals surface area (Å²) in [5.41, 5.74) is 0.620. The van der Waals surface area contributed by atoms with Crippen LogP contribution in [0.2, 0.25) is 0 Å². The predicted molar refractivity (Wildman–Crippen MR) is 91.3 cm³/mol. The SMILES string of the molecule is O=C(O)CC1S/C(=N\N=C\c2ccco2)N(c2ccccc2)C1=O. The van der Waals surface area contributed by atoms with Gasteiger partial charge in [0.25, 0.3) is 0 Å². The molecule has 8 heteroatoms. The molecule has 122 valence electrons. The Morgan fingerprint density at radius 2 is 2.08 bits per heavy atom. The fraction of sp³-hybridized carbons (Fsp3) is 0.125. The van der Waals surface area contributed by atoms with E-state index in [4.69, 9.17) is 9.52 Å². The van der Waals surface area contributed by atoms with Crippen LogP contribution < -0.4 is 4.90 Å². The third-order valence-electron chi connectivity index (χ3n) is 3.18. The Kier molecular flexibility index (Phi) is 4.76. The summed E-state index contributed by atoms with van der Waals surface area (Å²) in [6, 6.07) is 12.4. The largest absolute Gasteiger partial charge is 0.481 e. The fourth-order valence-electron chi connectivity index (χ4n) is 2.14. The van der Waals surface area contributed by atoms with Gasteiger partial charge in [0.1, 0.15) is 11.0 Å². The molecule has 0 saturated carbocycles. The number of para-hydroxylation sites is 1. The normalized spacial score (nSPS) is 19.5. The molecular formula is C16H13N3O4S. The lowest BCUT2D eigenvalue weighted by atomic mass is 10.2. The second-order valence-corrected chi connectivity index (χ2v) is 6.03. The minimum atomic E-state index is -1.03. The van der Waals surface area contributed by atoms with Crippen molar-refractivity contribution in [3.8, 4) is 0 Å². The first-order chi connectivity index (χ1) is 11.6. The summed E-state index contributed by atoms with van der Waals surface area (Å²) in [5, 5.41) is 16.6. The number of carboxylic acids is 1. The van der Waals surface area contributed by atoms with Crippen LogP contribution in [0.15, 0.2) is 63.3 Å². The van der Waals surface area contributed by atoms with Crippen LogP contribution >= 0.6 is 11.8 Å². The average Bonchev–Trinajstić information content (AvgIpc) is 3.17. The zero-order chi connectivity index (χ0) is 16.9. The Hall–Kier alpha value is -2.87. The lowest BCUT2D eigenvalue weighted by molar-refractivity contribution is -0.138. The number of anilines is 1. The maximum atomic E-state index is 12.5. The van der Waals surface area contributed by atoms with Crippen LogP contribution in [-0.4, -0.2) is 33.6 Å². The van der Waals surface area contributed by atoms with Gasteiger partial charge in [-0.15, -0.1) is 5.10 Å². The molecule has 0 bridgehead atoms. The molecule has 0 radical (unpaired) electrons. The highest BCUT2D eigenvalue weighted by Crippen LogP contribution is 2.33. The van der Waals surface area contributed by atoms with Gasteiger partial charge in [-0.25, -0.2) is 0 Å². The number of amides is 1. The molecular weight excluding hydrogens is 330 g/mol. The van der Waals surface area contributed by atoms with E-state index in [2.05, 4.69) is 10.2 Å². The quantitative estimate of drug-likeness (QED) is 0.665. The molecule has 1 N–H and O–H groups in total. The Morgan fingerprint density at radius 3 is 2.75 bits per heavy atom. The van der Waals surface area contributed by atoms with E-state index in [0.717, 1.165) is 11.8 Å². The molecule has 1 aliphatic heterocycles. The average molecular weight is 343 g/mol. The van der Waals surface area contributed by atoms with Crippen molar-refractivity contribution in [1.29, 1.82) is 0 Å². The Morgan fingerprint density at radius 1 is 1.29 bits per heavy atom. The molecule has 1 unspecified atom stereocenters. The molecule has 2 aromatic rings. The zero-order valence-electron chi connectivity index (χ0n) is 12.4. The topological polar surface area (TPSA) is 95.5 Å². The first kappa shape index (κ1) is 16.0. The molecule has 7 nitrogen and oxygen atoms in total. The minimum absolute atomic E-state index is 0.270. The van der Waals surface area contributed by atoms with E-state index in [1.165, 1.54) is 17.4 Å². The molecule has 1 atom stereocenters. The standard InChI is InChI=1S/C16H13N3O4S/c20-14(21)9-13-15(22)19(11-5-2-1-3-6-11)16(24-13)18-17-10-12-7-4-8-23-12/h1-8,10,13H,9H2,(H,20,21)/b17-10+,18-16-. The van der Waals surface area contributed by atoms with Gasteiger partial charge >= 0.3 is 5.97 Å². The molecule has 0 aliphatic carbocycles. The van der Waals surface area contributed by atoms with Gasteiger partial charge < -0.3 is 9.52 Å². The van der Waals surface area contributed by atoms with E-state index in [1.54, 1.807) is 36.4 Å². The summed E-state index contributed by atoms with van der Waals surface area (Å²) in [6.45, 7) is 0. The number of aliphatic carboxylic acids is 1.